The molecule has 6 heteroatoms. The van der Waals surface area contributed by atoms with Crippen molar-refractivity contribution in [2.24, 2.45) is 0 Å². The van der Waals surface area contributed by atoms with Gasteiger partial charge in [-0.2, -0.15) is 0 Å². The fraction of sp³-hybridized carbons (Fsp3) is 0.600. The van der Waals surface area contributed by atoms with Crippen molar-refractivity contribution in [2.45, 2.75) is 13.0 Å². The van der Waals surface area contributed by atoms with E-state index in [4.69, 9.17) is 9.47 Å². The minimum Gasteiger partial charge on any atom is -0.465 e. The Labute approximate surface area is 98.8 Å². The van der Waals surface area contributed by atoms with Gasteiger partial charge in [0.1, 0.15) is 4.88 Å². The highest BCUT2D eigenvalue weighted by Crippen LogP contribution is 2.20. The van der Waals surface area contributed by atoms with E-state index in [1.165, 1.54) is 18.4 Å². The molecule has 0 spiro atoms. The van der Waals surface area contributed by atoms with Crippen LogP contribution in [0.5, 0.6) is 0 Å². The smallest absolute Gasteiger partial charge is 0.350 e. The lowest BCUT2D eigenvalue weighted by Crippen LogP contribution is -2.10. The minimum atomic E-state index is -0.347. The van der Waals surface area contributed by atoms with Crippen molar-refractivity contribution in [3.05, 3.63) is 15.6 Å². The van der Waals surface area contributed by atoms with E-state index in [0.29, 0.717) is 17.2 Å². The summed E-state index contributed by atoms with van der Waals surface area (Å²) >= 11 is 1.37. The first-order chi connectivity index (χ1) is 7.72. The maximum Gasteiger partial charge on any atom is 0.350 e. The van der Waals surface area contributed by atoms with Gasteiger partial charge in [-0.15, -0.1) is 11.3 Å². The highest BCUT2D eigenvalue weighted by atomic mass is 32.1. The molecule has 90 valence electrons. The van der Waals surface area contributed by atoms with Crippen molar-refractivity contribution in [1.29, 1.82) is 0 Å². The summed E-state index contributed by atoms with van der Waals surface area (Å²) in [6.45, 7) is 1.17. The fourth-order valence-electron chi connectivity index (χ4n) is 1.23. The topological polar surface area (TPSA) is 60.5 Å². The molecule has 0 fully saturated rings. The van der Waals surface area contributed by atoms with Gasteiger partial charge >= 0.3 is 5.97 Å². The molecule has 0 aliphatic rings. The molecule has 1 aromatic rings. The van der Waals surface area contributed by atoms with Crippen molar-refractivity contribution in [2.75, 3.05) is 27.8 Å². The normalized spacial score (nSPS) is 10.4. The molecular formula is C10H16N2O3S. The van der Waals surface area contributed by atoms with Crippen molar-refractivity contribution >= 4 is 17.3 Å². The molecular weight excluding hydrogens is 228 g/mol. The molecule has 1 aromatic heterocycles. The van der Waals surface area contributed by atoms with Crippen LogP contribution in [-0.4, -0.2) is 38.8 Å². The fourth-order valence-corrected chi connectivity index (χ4v) is 2.21. The monoisotopic (exact) mass is 244 g/mol. The summed E-state index contributed by atoms with van der Waals surface area (Å²) < 4.78 is 9.70. The number of hydrogen-bond donors (Lipinski definition) is 1. The number of nitrogens with one attached hydrogen (secondary N) is 1. The van der Waals surface area contributed by atoms with Crippen LogP contribution in [0.25, 0.3) is 0 Å². The minimum absolute atomic E-state index is 0.334. The number of ether oxygens (including phenoxy) is 2. The molecule has 0 saturated heterocycles. The molecule has 0 aliphatic heterocycles. The van der Waals surface area contributed by atoms with Crippen molar-refractivity contribution < 1.29 is 14.3 Å². The molecule has 0 aromatic carbocycles. The summed E-state index contributed by atoms with van der Waals surface area (Å²) in [6.07, 6.45) is 0.800. The van der Waals surface area contributed by atoms with Gasteiger partial charge in [-0.1, -0.05) is 0 Å². The average Bonchev–Trinajstić information content (AvgIpc) is 2.69. The molecule has 0 bridgehead atoms. The van der Waals surface area contributed by atoms with Gasteiger partial charge < -0.3 is 14.8 Å². The molecule has 5 nitrogen and oxygen atoms in total. The van der Waals surface area contributed by atoms with Gasteiger partial charge in [0.05, 0.1) is 24.4 Å². The van der Waals surface area contributed by atoms with E-state index in [1.807, 2.05) is 7.05 Å². The van der Waals surface area contributed by atoms with Gasteiger partial charge in [0.25, 0.3) is 0 Å². The molecule has 0 saturated carbocycles. The average molecular weight is 244 g/mol. The van der Waals surface area contributed by atoms with Crippen LogP contribution in [0.4, 0.5) is 0 Å². The number of carbonyl (C=O) groups excluding carboxylic acids is 1. The zero-order chi connectivity index (χ0) is 12.0. The van der Waals surface area contributed by atoms with Crippen molar-refractivity contribution in [3.63, 3.8) is 0 Å². The standard InChI is InChI=1S/C10H16N2O3S/c1-11-5-4-8-12-7(6-14-2)9(16-8)10(13)15-3/h11H,4-6H2,1-3H3. The molecule has 0 atom stereocenters. The number of carbonyl (C=O) groups is 1. The van der Waals surface area contributed by atoms with Crippen LogP contribution in [0.3, 0.4) is 0 Å². The Morgan fingerprint density at radius 1 is 1.50 bits per heavy atom. The third-order valence-corrected chi connectivity index (χ3v) is 3.12. The van der Waals surface area contributed by atoms with Crippen LogP contribution in [0.2, 0.25) is 0 Å². The van der Waals surface area contributed by atoms with E-state index in [1.54, 1.807) is 7.11 Å². The summed E-state index contributed by atoms with van der Waals surface area (Å²) in [6, 6.07) is 0. The van der Waals surface area contributed by atoms with E-state index in [2.05, 4.69) is 10.3 Å². The van der Waals surface area contributed by atoms with E-state index >= 15 is 0 Å². The second-order valence-electron chi connectivity index (χ2n) is 3.16. The Kier molecular flexibility index (Phi) is 5.37. The van der Waals surface area contributed by atoms with Gasteiger partial charge in [-0.25, -0.2) is 9.78 Å². The lowest BCUT2D eigenvalue weighted by atomic mass is 10.3. The predicted octanol–water partition coefficient (Wildman–Crippen LogP) is 0.838. The Hall–Kier alpha value is -0.980. The number of esters is 1. The molecule has 0 radical (unpaired) electrons. The zero-order valence-electron chi connectivity index (χ0n) is 9.70. The maximum absolute atomic E-state index is 11.5. The summed E-state index contributed by atoms with van der Waals surface area (Å²) in [5, 5.41) is 3.96. The third-order valence-electron chi connectivity index (χ3n) is 1.98. The molecule has 0 amide bonds. The van der Waals surface area contributed by atoms with Gasteiger partial charge in [-0.05, 0) is 7.05 Å². The number of methoxy groups -OCH3 is 2. The lowest BCUT2D eigenvalue weighted by Gasteiger charge is -1.98. The van der Waals surface area contributed by atoms with Gasteiger partial charge in [0.15, 0.2) is 0 Å². The largest absolute Gasteiger partial charge is 0.465 e. The van der Waals surface area contributed by atoms with Gasteiger partial charge in [0.2, 0.25) is 0 Å². The van der Waals surface area contributed by atoms with Crippen molar-refractivity contribution in [1.82, 2.24) is 10.3 Å². The molecule has 1 rings (SSSR count). The van der Waals surface area contributed by atoms with E-state index in [-0.39, 0.29) is 5.97 Å². The highest BCUT2D eigenvalue weighted by Gasteiger charge is 2.18. The van der Waals surface area contributed by atoms with E-state index in [9.17, 15) is 4.79 Å². The molecule has 0 aliphatic carbocycles. The van der Waals surface area contributed by atoms with Gasteiger partial charge in [-0.3, -0.25) is 0 Å². The Balaban J connectivity index is 2.86. The highest BCUT2D eigenvalue weighted by molar-refractivity contribution is 7.13. The predicted molar refractivity (Wildman–Crippen MR) is 61.8 cm³/mol. The summed E-state index contributed by atoms with van der Waals surface area (Å²) in [4.78, 5) is 16.4. The summed E-state index contributed by atoms with van der Waals surface area (Å²) in [5.41, 5.74) is 0.658. The van der Waals surface area contributed by atoms with Crippen molar-refractivity contribution in [3.8, 4) is 0 Å². The first kappa shape index (κ1) is 13.1. The quantitative estimate of drug-likeness (QED) is 0.751. The number of likely N-dealkylation sites (N-methyl/N-ethyl adjacent to an activating group) is 1. The summed E-state index contributed by atoms with van der Waals surface area (Å²) in [7, 11) is 4.82. The number of hydrogen-bond acceptors (Lipinski definition) is 6. The number of rotatable bonds is 6. The van der Waals surface area contributed by atoms with Crippen LogP contribution < -0.4 is 5.32 Å². The van der Waals surface area contributed by atoms with Crippen LogP contribution in [0.15, 0.2) is 0 Å². The molecule has 1 heterocycles. The first-order valence-corrected chi connectivity index (χ1v) is 5.75. The zero-order valence-corrected chi connectivity index (χ0v) is 10.5. The van der Waals surface area contributed by atoms with Crippen LogP contribution >= 0.6 is 11.3 Å². The molecule has 1 N–H and O–H groups in total. The Bertz CT molecular complexity index is 352. The summed E-state index contributed by atoms with van der Waals surface area (Å²) in [5.74, 6) is -0.347. The SMILES string of the molecule is CNCCc1nc(COC)c(C(=O)OC)s1. The third kappa shape index (κ3) is 3.26. The van der Waals surface area contributed by atoms with Crippen LogP contribution in [0, 0.1) is 0 Å². The number of aromatic nitrogens is 1. The number of thiazole rings is 1. The van der Waals surface area contributed by atoms with Crippen LogP contribution in [0.1, 0.15) is 20.4 Å². The van der Waals surface area contributed by atoms with E-state index < -0.39 is 0 Å². The van der Waals surface area contributed by atoms with Crippen LogP contribution in [-0.2, 0) is 22.5 Å². The Morgan fingerprint density at radius 2 is 2.25 bits per heavy atom. The maximum atomic E-state index is 11.5. The first-order valence-electron chi connectivity index (χ1n) is 4.93. The lowest BCUT2D eigenvalue weighted by molar-refractivity contribution is 0.0601. The second-order valence-corrected chi connectivity index (χ2v) is 4.25. The van der Waals surface area contributed by atoms with Gasteiger partial charge in [0, 0.05) is 20.1 Å². The molecule has 0 unspecified atom stereocenters. The molecule has 16 heavy (non-hydrogen) atoms. The van der Waals surface area contributed by atoms with E-state index in [0.717, 1.165) is 18.0 Å². The number of nitrogens with zero attached hydrogens (tertiary/aromatic N) is 1. The second kappa shape index (κ2) is 6.57. The Morgan fingerprint density at radius 3 is 2.81 bits per heavy atom.